The summed E-state index contributed by atoms with van der Waals surface area (Å²) in [6.07, 6.45) is 0. The van der Waals surface area contributed by atoms with E-state index in [0.29, 0.717) is 28.0 Å². The highest BCUT2D eigenvalue weighted by atomic mass is 32.2. The van der Waals surface area contributed by atoms with Crippen molar-refractivity contribution in [2.24, 2.45) is 0 Å². The Labute approximate surface area is 170 Å². The maximum atomic E-state index is 13.6. The lowest BCUT2D eigenvalue weighted by Crippen LogP contribution is -2.24. The topological polar surface area (TPSA) is 95.1 Å². The Morgan fingerprint density at radius 3 is 2.66 bits per heavy atom. The average molecular weight is 419 g/mol. The fraction of sp³-hybridized carbons (Fsp3) is 0.211. The van der Waals surface area contributed by atoms with Crippen molar-refractivity contribution >= 4 is 23.4 Å². The van der Waals surface area contributed by atoms with E-state index in [-0.39, 0.29) is 18.3 Å². The van der Waals surface area contributed by atoms with E-state index in [0.717, 1.165) is 11.8 Å². The highest BCUT2D eigenvalue weighted by molar-refractivity contribution is 8.00. The number of benzene rings is 2. The molecule has 1 amide bonds. The Morgan fingerprint density at radius 2 is 1.97 bits per heavy atom. The smallest absolute Gasteiger partial charge is 0.237 e. The van der Waals surface area contributed by atoms with Gasteiger partial charge in [0.1, 0.15) is 24.0 Å². The van der Waals surface area contributed by atoms with Crippen molar-refractivity contribution in [1.82, 2.24) is 14.9 Å². The molecule has 0 aliphatic rings. The van der Waals surface area contributed by atoms with Crippen molar-refractivity contribution in [2.75, 3.05) is 11.2 Å². The van der Waals surface area contributed by atoms with Gasteiger partial charge in [0.2, 0.25) is 11.1 Å². The highest BCUT2D eigenvalue weighted by Gasteiger charge is 2.20. The molecule has 0 bridgehead atoms. The molecule has 0 saturated heterocycles. The lowest BCUT2D eigenvalue weighted by molar-refractivity contribution is -0.115. The van der Waals surface area contributed by atoms with Crippen molar-refractivity contribution < 1.29 is 18.3 Å². The molecule has 1 aromatic heterocycles. The third-order valence-electron chi connectivity index (χ3n) is 4.01. The molecule has 1 heterocycles. The lowest BCUT2D eigenvalue weighted by Gasteiger charge is -2.12. The number of nitrogen functional groups attached to an aromatic ring is 1. The molecule has 7 nitrogen and oxygen atoms in total. The molecule has 0 aliphatic carbocycles. The van der Waals surface area contributed by atoms with Gasteiger partial charge in [0.15, 0.2) is 5.82 Å². The summed E-state index contributed by atoms with van der Waals surface area (Å²) >= 11 is 1.10. The molecule has 0 spiro atoms. The molecular weight excluding hydrogens is 400 g/mol. The van der Waals surface area contributed by atoms with E-state index >= 15 is 0 Å². The first-order valence-electron chi connectivity index (χ1n) is 8.65. The second-order valence-electron chi connectivity index (χ2n) is 6.22. The summed E-state index contributed by atoms with van der Waals surface area (Å²) in [5, 5.41) is 10.3. The Bertz CT molecular complexity index is 1010. The van der Waals surface area contributed by atoms with Crippen molar-refractivity contribution in [3.63, 3.8) is 0 Å². The third kappa shape index (κ3) is 5.23. The average Bonchev–Trinajstić information content (AvgIpc) is 3.04. The van der Waals surface area contributed by atoms with E-state index in [9.17, 15) is 13.6 Å². The Morgan fingerprint density at radius 1 is 1.24 bits per heavy atom. The Kier molecular flexibility index (Phi) is 6.32. The van der Waals surface area contributed by atoms with Crippen molar-refractivity contribution in [3.05, 3.63) is 65.5 Å². The third-order valence-corrected chi connectivity index (χ3v) is 5.06. The fourth-order valence-electron chi connectivity index (χ4n) is 2.29. The number of aromatic nitrogens is 3. The minimum Gasteiger partial charge on any atom is -0.486 e. The number of aryl methyl sites for hydroxylation is 1. The van der Waals surface area contributed by atoms with E-state index in [1.807, 2.05) is 0 Å². The molecule has 0 radical (unpaired) electrons. The molecule has 3 aromatic rings. The minimum absolute atomic E-state index is 0.0267. The van der Waals surface area contributed by atoms with Crippen LogP contribution in [0, 0.1) is 18.6 Å². The van der Waals surface area contributed by atoms with Crippen LogP contribution in [0.15, 0.2) is 47.6 Å². The summed E-state index contributed by atoms with van der Waals surface area (Å²) in [5.41, 5.74) is 0.866. The Hall–Kier alpha value is -3.14. The molecule has 1 unspecified atom stereocenters. The molecule has 2 aromatic carbocycles. The van der Waals surface area contributed by atoms with E-state index in [1.54, 1.807) is 26.0 Å². The quantitative estimate of drug-likeness (QED) is 0.451. The van der Waals surface area contributed by atoms with Gasteiger partial charge in [0, 0.05) is 5.69 Å². The summed E-state index contributed by atoms with van der Waals surface area (Å²) in [4.78, 5) is 12.4. The minimum atomic E-state index is -0.559. The van der Waals surface area contributed by atoms with Gasteiger partial charge in [0.05, 0.1) is 5.25 Å². The molecule has 29 heavy (non-hydrogen) atoms. The van der Waals surface area contributed by atoms with Crippen LogP contribution in [0.25, 0.3) is 0 Å². The molecule has 3 N–H and O–H groups in total. The summed E-state index contributed by atoms with van der Waals surface area (Å²) in [6.45, 7) is 3.34. The second kappa shape index (κ2) is 8.91. The van der Waals surface area contributed by atoms with Gasteiger partial charge in [-0.1, -0.05) is 17.8 Å². The van der Waals surface area contributed by atoms with Crippen LogP contribution in [-0.2, 0) is 11.4 Å². The van der Waals surface area contributed by atoms with Gasteiger partial charge in [-0.15, -0.1) is 10.2 Å². The largest absolute Gasteiger partial charge is 0.486 e. The van der Waals surface area contributed by atoms with Crippen LogP contribution in [0.5, 0.6) is 5.75 Å². The van der Waals surface area contributed by atoms with Crippen LogP contribution in [0.4, 0.5) is 14.5 Å². The van der Waals surface area contributed by atoms with Gasteiger partial charge in [-0.05, 0) is 55.8 Å². The molecule has 152 valence electrons. The fourth-order valence-corrected chi connectivity index (χ4v) is 3.08. The maximum absolute atomic E-state index is 13.6. The number of hydrogen-bond acceptors (Lipinski definition) is 6. The number of nitrogens with one attached hydrogen (secondary N) is 1. The molecule has 1 atom stereocenters. The van der Waals surface area contributed by atoms with E-state index in [4.69, 9.17) is 10.6 Å². The van der Waals surface area contributed by atoms with Gasteiger partial charge in [-0.25, -0.2) is 13.5 Å². The van der Waals surface area contributed by atoms with Gasteiger partial charge >= 0.3 is 0 Å². The number of rotatable bonds is 7. The lowest BCUT2D eigenvalue weighted by atomic mass is 10.2. The van der Waals surface area contributed by atoms with Crippen LogP contribution in [-0.4, -0.2) is 26.0 Å². The van der Waals surface area contributed by atoms with Crippen LogP contribution >= 0.6 is 11.8 Å². The summed E-state index contributed by atoms with van der Waals surface area (Å²) in [7, 11) is 0. The normalized spacial score (nSPS) is 11.9. The number of carbonyl (C=O) groups is 1. The van der Waals surface area contributed by atoms with Crippen molar-refractivity contribution in [3.8, 4) is 5.75 Å². The molecular formula is C19H19F2N5O2S. The van der Waals surface area contributed by atoms with Crippen molar-refractivity contribution in [2.45, 2.75) is 30.9 Å². The highest BCUT2D eigenvalue weighted by Crippen LogP contribution is 2.23. The molecule has 0 fully saturated rings. The number of nitrogens with two attached hydrogens (primary N) is 1. The van der Waals surface area contributed by atoms with Crippen molar-refractivity contribution in [1.29, 1.82) is 0 Å². The van der Waals surface area contributed by atoms with Gasteiger partial charge in [-0.3, -0.25) is 4.79 Å². The summed E-state index contributed by atoms with van der Waals surface area (Å²) < 4.78 is 33.3. The first kappa shape index (κ1) is 20.6. The van der Waals surface area contributed by atoms with E-state index in [2.05, 4.69) is 15.5 Å². The van der Waals surface area contributed by atoms with Crippen LogP contribution in [0.3, 0.4) is 0 Å². The number of thioether (sulfide) groups is 1. The maximum Gasteiger partial charge on any atom is 0.237 e. The standard InChI is InChI=1S/C19H19F2N5O2S/c1-11-3-6-14(9-16(11)21)23-18(27)12(2)29-19-25-24-17(26(19)22)10-28-15-7-4-13(20)5-8-15/h3-9,12H,10,22H2,1-2H3,(H,23,27). The number of carbonyl (C=O) groups excluding carboxylic acids is 1. The SMILES string of the molecule is Cc1ccc(NC(=O)C(C)Sc2nnc(COc3ccc(F)cc3)n2N)cc1F. The zero-order valence-electron chi connectivity index (χ0n) is 15.7. The van der Waals surface area contributed by atoms with Crippen LogP contribution in [0.2, 0.25) is 0 Å². The number of hydrogen-bond donors (Lipinski definition) is 2. The number of ether oxygens (including phenoxy) is 1. The van der Waals surface area contributed by atoms with Gasteiger partial charge in [-0.2, -0.15) is 0 Å². The zero-order chi connectivity index (χ0) is 21.0. The van der Waals surface area contributed by atoms with Crippen LogP contribution in [0.1, 0.15) is 18.3 Å². The predicted molar refractivity (Wildman–Crippen MR) is 106 cm³/mol. The molecule has 10 heteroatoms. The first-order valence-corrected chi connectivity index (χ1v) is 9.53. The summed E-state index contributed by atoms with van der Waals surface area (Å²) in [5.74, 6) is 5.69. The second-order valence-corrected chi connectivity index (χ2v) is 7.53. The number of halogens is 2. The number of amides is 1. The van der Waals surface area contributed by atoms with Gasteiger partial charge in [0.25, 0.3) is 0 Å². The number of anilines is 1. The molecule has 3 rings (SSSR count). The summed E-state index contributed by atoms with van der Waals surface area (Å²) in [6, 6.07) is 10.0. The monoisotopic (exact) mass is 419 g/mol. The van der Waals surface area contributed by atoms with E-state index < -0.39 is 11.1 Å². The Balaban J connectivity index is 1.58. The molecule has 0 saturated carbocycles. The predicted octanol–water partition coefficient (Wildman–Crippen LogP) is 3.28. The number of nitrogens with zero attached hydrogens (tertiary/aromatic N) is 3. The van der Waals surface area contributed by atoms with E-state index in [1.165, 1.54) is 35.0 Å². The molecule has 0 aliphatic heterocycles. The zero-order valence-corrected chi connectivity index (χ0v) is 16.5. The first-order chi connectivity index (χ1) is 13.8. The van der Waals surface area contributed by atoms with Gasteiger partial charge < -0.3 is 15.9 Å². The van der Waals surface area contributed by atoms with Crippen LogP contribution < -0.4 is 15.9 Å².